The van der Waals surface area contributed by atoms with Crippen LogP contribution >= 0.6 is 0 Å². The van der Waals surface area contributed by atoms with Crippen LogP contribution in [0.5, 0.6) is 0 Å². The van der Waals surface area contributed by atoms with E-state index in [1.165, 1.54) is 29.7 Å². The monoisotopic (exact) mass is 241 g/mol. The molecule has 2 aromatic rings. The van der Waals surface area contributed by atoms with Crippen molar-refractivity contribution >= 4 is 5.82 Å². The normalized spacial score (nSPS) is 16.8. The fourth-order valence-electron chi connectivity index (χ4n) is 2.86. The highest BCUT2D eigenvalue weighted by Gasteiger charge is 2.49. The van der Waals surface area contributed by atoms with Crippen molar-refractivity contribution in [1.82, 2.24) is 9.78 Å². The summed E-state index contributed by atoms with van der Waals surface area (Å²) in [6.45, 7) is 2.15. The number of nitrogens with zero attached hydrogens (tertiary/aromatic N) is 2. The van der Waals surface area contributed by atoms with E-state index in [9.17, 15) is 0 Å². The van der Waals surface area contributed by atoms with Crippen molar-refractivity contribution in [3.8, 4) is 0 Å². The van der Waals surface area contributed by atoms with Crippen LogP contribution in [0.25, 0.3) is 0 Å². The lowest BCUT2D eigenvalue weighted by atomic mass is 9.89. The van der Waals surface area contributed by atoms with E-state index >= 15 is 0 Å². The van der Waals surface area contributed by atoms with Crippen LogP contribution in [0, 0.1) is 0 Å². The predicted octanol–water partition coefficient (Wildman–Crippen LogP) is 2.64. The molecule has 0 radical (unpaired) electrons. The SMILES string of the molecule is CCc1c(C2(c3ccccc3)CC2)nn(C)c1N. The molecule has 0 saturated heterocycles. The minimum Gasteiger partial charge on any atom is -0.384 e. The number of aromatic nitrogens is 2. The zero-order chi connectivity index (χ0) is 12.8. The minimum atomic E-state index is 0.127. The quantitative estimate of drug-likeness (QED) is 0.897. The summed E-state index contributed by atoms with van der Waals surface area (Å²) in [5.74, 6) is 0.815. The highest BCUT2D eigenvalue weighted by Crippen LogP contribution is 2.54. The Bertz CT molecular complexity index is 565. The lowest BCUT2D eigenvalue weighted by Gasteiger charge is -2.14. The number of rotatable bonds is 3. The van der Waals surface area contributed by atoms with E-state index in [4.69, 9.17) is 5.73 Å². The van der Waals surface area contributed by atoms with Gasteiger partial charge in [-0.05, 0) is 24.8 Å². The van der Waals surface area contributed by atoms with Crippen LogP contribution in [0.4, 0.5) is 5.82 Å². The summed E-state index contributed by atoms with van der Waals surface area (Å²) in [7, 11) is 1.93. The molecule has 1 aromatic carbocycles. The molecule has 1 saturated carbocycles. The van der Waals surface area contributed by atoms with Crippen molar-refractivity contribution in [2.24, 2.45) is 7.05 Å². The van der Waals surface area contributed by atoms with Gasteiger partial charge in [-0.1, -0.05) is 37.3 Å². The third-order valence-corrected chi connectivity index (χ3v) is 4.08. The Labute approximate surface area is 108 Å². The van der Waals surface area contributed by atoms with E-state index in [0.717, 1.165) is 12.2 Å². The maximum Gasteiger partial charge on any atom is 0.124 e. The Morgan fingerprint density at radius 1 is 1.28 bits per heavy atom. The molecule has 0 bridgehead atoms. The fraction of sp³-hybridized carbons (Fsp3) is 0.400. The number of aryl methyl sites for hydroxylation is 1. The summed E-state index contributed by atoms with van der Waals surface area (Å²) in [6, 6.07) is 10.7. The Balaban J connectivity index is 2.13. The van der Waals surface area contributed by atoms with Crippen molar-refractivity contribution in [2.45, 2.75) is 31.6 Å². The second-order valence-electron chi connectivity index (χ2n) is 5.14. The first kappa shape index (κ1) is 11.3. The molecule has 3 rings (SSSR count). The lowest BCUT2D eigenvalue weighted by Crippen LogP contribution is -2.12. The molecule has 0 aliphatic heterocycles. The minimum absolute atomic E-state index is 0.127. The van der Waals surface area contributed by atoms with Gasteiger partial charge in [-0.3, -0.25) is 4.68 Å². The molecule has 94 valence electrons. The Morgan fingerprint density at radius 2 is 1.94 bits per heavy atom. The van der Waals surface area contributed by atoms with Crippen LogP contribution in [-0.2, 0) is 18.9 Å². The molecule has 1 aliphatic rings. The molecule has 1 heterocycles. The molecule has 0 atom stereocenters. The summed E-state index contributed by atoms with van der Waals surface area (Å²) >= 11 is 0. The summed E-state index contributed by atoms with van der Waals surface area (Å²) in [5, 5.41) is 4.68. The highest BCUT2D eigenvalue weighted by atomic mass is 15.3. The van der Waals surface area contributed by atoms with E-state index in [2.05, 4.69) is 42.4 Å². The van der Waals surface area contributed by atoms with Crippen molar-refractivity contribution in [3.05, 3.63) is 47.2 Å². The van der Waals surface area contributed by atoms with Gasteiger partial charge in [-0.15, -0.1) is 0 Å². The topological polar surface area (TPSA) is 43.8 Å². The summed E-state index contributed by atoms with van der Waals surface area (Å²) in [6.07, 6.45) is 3.31. The van der Waals surface area contributed by atoms with Crippen LogP contribution < -0.4 is 5.73 Å². The Hall–Kier alpha value is -1.77. The fourth-order valence-corrected chi connectivity index (χ4v) is 2.86. The van der Waals surface area contributed by atoms with Gasteiger partial charge < -0.3 is 5.73 Å². The van der Waals surface area contributed by atoms with Crippen LogP contribution in [-0.4, -0.2) is 9.78 Å². The maximum atomic E-state index is 6.12. The van der Waals surface area contributed by atoms with Crippen molar-refractivity contribution < 1.29 is 0 Å². The third kappa shape index (κ3) is 1.47. The molecule has 0 spiro atoms. The van der Waals surface area contributed by atoms with Gasteiger partial charge in [0.05, 0.1) is 5.69 Å². The zero-order valence-corrected chi connectivity index (χ0v) is 11.0. The summed E-state index contributed by atoms with van der Waals surface area (Å²) in [4.78, 5) is 0. The van der Waals surface area contributed by atoms with E-state index in [1.807, 2.05) is 11.7 Å². The zero-order valence-electron chi connectivity index (χ0n) is 11.0. The van der Waals surface area contributed by atoms with Gasteiger partial charge in [-0.2, -0.15) is 5.10 Å². The highest BCUT2D eigenvalue weighted by molar-refractivity contribution is 5.52. The first-order valence-electron chi connectivity index (χ1n) is 6.56. The molecule has 3 heteroatoms. The third-order valence-electron chi connectivity index (χ3n) is 4.08. The number of hydrogen-bond donors (Lipinski definition) is 1. The number of hydrogen-bond acceptors (Lipinski definition) is 2. The largest absolute Gasteiger partial charge is 0.384 e. The van der Waals surface area contributed by atoms with E-state index in [-0.39, 0.29) is 5.41 Å². The van der Waals surface area contributed by atoms with Crippen LogP contribution in [0.15, 0.2) is 30.3 Å². The number of nitrogens with two attached hydrogens (primary N) is 1. The first-order chi connectivity index (χ1) is 8.69. The molecular weight excluding hydrogens is 222 g/mol. The lowest BCUT2D eigenvalue weighted by molar-refractivity contribution is 0.707. The van der Waals surface area contributed by atoms with Gasteiger partial charge in [0.25, 0.3) is 0 Å². The molecule has 2 N–H and O–H groups in total. The van der Waals surface area contributed by atoms with Gasteiger partial charge in [0.1, 0.15) is 5.82 Å². The van der Waals surface area contributed by atoms with E-state index in [0.29, 0.717) is 0 Å². The Morgan fingerprint density at radius 3 is 2.50 bits per heavy atom. The molecule has 0 unspecified atom stereocenters. The first-order valence-corrected chi connectivity index (χ1v) is 6.56. The van der Waals surface area contributed by atoms with Gasteiger partial charge in [0.15, 0.2) is 0 Å². The van der Waals surface area contributed by atoms with Crippen LogP contribution in [0.3, 0.4) is 0 Å². The summed E-state index contributed by atoms with van der Waals surface area (Å²) in [5.41, 5.74) is 10.0. The number of anilines is 1. The molecular formula is C15H19N3. The van der Waals surface area contributed by atoms with Gasteiger partial charge in [0, 0.05) is 18.0 Å². The van der Waals surface area contributed by atoms with E-state index < -0.39 is 0 Å². The molecule has 18 heavy (non-hydrogen) atoms. The van der Waals surface area contributed by atoms with Gasteiger partial charge >= 0.3 is 0 Å². The molecule has 3 nitrogen and oxygen atoms in total. The predicted molar refractivity (Wildman–Crippen MR) is 73.5 cm³/mol. The average Bonchev–Trinajstić information content (AvgIpc) is 3.15. The van der Waals surface area contributed by atoms with Crippen molar-refractivity contribution in [2.75, 3.05) is 5.73 Å². The molecule has 1 aromatic heterocycles. The van der Waals surface area contributed by atoms with Crippen LogP contribution in [0.1, 0.15) is 36.6 Å². The van der Waals surface area contributed by atoms with Gasteiger partial charge in [0.2, 0.25) is 0 Å². The van der Waals surface area contributed by atoms with E-state index in [1.54, 1.807) is 0 Å². The number of benzene rings is 1. The van der Waals surface area contributed by atoms with Crippen molar-refractivity contribution in [3.63, 3.8) is 0 Å². The Kier molecular flexibility index (Phi) is 2.44. The summed E-state index contributed by atoms with van der Waals surface area (Å²) < 4.78 is 1.82. The second-order valence-corrected chi connectivity index (χ2v) is 5.14. The molecule has 1 fully saturated rings. The maximum absolute atomic E-state index is 6.12. The second kappa shape index (κ2) is 3.87. The standard InChI is InChI=1S/C15H19N3/c1-3-12-13(17-18(2)14(12)16)15(9-10-15)11-7-5-4-6-8-11/h4-8H,3,9-10,16H2,1-2H3. The van der Waals surface area contributed by atoms with Crippen LogP contribution in [0.2, 0.25) is 0 Å². The smallest absolute Gasteiger partial charge is 0.124 e. The van der Waals surface area contributed by atoms with Gasteiger partial charge in [-0.25, -0.2) is 0 Å². The molecule has 0 amide bonds. The number of nitrogen functional groups attached to an aromatic ring is 1. The average molecular weight is 241 g/mol. The molecule has 1 aliphatic carbocycles. The van der Waals surface area contributed by atoms with Crippen molar-refractivity contribution in [1.29, 1.82) is 0 Å².